The largest absolute Gasteiger partial charge is 0.489 e. The number of carboxylic acid groups (broad SMARTS) is 1. The third-order valence-electron chi connectivity index (χ3n) is 4.24. The first-order chi connectivity index (χ1) is 12.1. The van der Waals surface area contributed by atoms with Gasteiger partial charge in [-0.3, -0.25) is 9.89 Å². The normalized spacial score (nSPS) is 30.5. The average molecular weight is 380 g/mol. The number of thioether (sulfide) groups is 1. The highest BCUT2D eigenvalue weighted by atomic mass is 32.2. The molecule has 4 atom stereocenters. The second kappa shape index (κ2) is 6.98. The topological polar surface area (TPSA) is 88.4 Å². The number of likely N-dealkylation sites (tertiary alicyclic amines) is 1. The van der Waals surface area contributed by atoms with Gasteiger partial charge in [-0.15, -0.1) is 11.8 Å². The van der Waals surface area contributed by atoms with Crippen molar-refractivity contribution in [3.63, 3.8) is 0 Å². The smallest absolute Gasteiger partial charge is 0.411 e. The number of aliphatic carboxylic acids is 1. The summed E-state index contributed by atoms with van der Waals surface area (Å²) in [4.78, 5) is 29.7. The van der Waals surface area contributed by atoms with Crippen LogP contribution in [0, 0.1) is 0 Å². The zero-order valence-corrected chi connectivity index (χ0v) is 16.2. The lowest BCUT2D eigenvalue weighted by molar-refractivity contribution is -0.142. The molecule has 1 saturated heterocycles. The maximum absolute atomic E-state index is 12.3. The summed E-state index contributed by atoms with van der Waals surface area (Å²) < 4.78 is 11.3. The van der Waals surface area contributed by atoms with E-state index in [4.69, 9.17) is 9.47 Å². The minimum Gasteiger partial charge on any atom is -0.489 e. The van der Waals surface area contributed by atoms with E-state index in [1.807, 2.05) is 19.1 Å². The van der Waals surface area contributed by atoms with Crippen LogP contribution in [0.15, 0.2) is 29.0 Å². The van der Waals surface area contributed by atoms with Crippen molar-refractivity contribution in [2.45, 2.75) is 63.2 Å². The molecule has 0 radical (unpaired) electrons. The molecule has 0 bridgehead atoms. The van der Waals surface area contributed by atoms with E-state index in [1.165, 1.54) is 4.90 Å². The predicted molar refractivity (Wildman–Crippen MR) is 99.4 cm³/mol. The summed E-state index contributed by atoms with van der Waals surface area (Å²) in [5.41, 5.74) is -0.682. The zero-order chi connectivity index (χ0) is 19.1. The Bertz CT molecular complexity index is 694. The summed E-state index contributed by atoms with van der Waals surface area (Å²) in [5.74, 6) is -0.381. The molecule has 2 heterocycles. The summed E-state index contributed by atoms with van der Waals surface area (Å²) in [6.07, 6.45) is 5.12. The van der Waals surface area contributed by atoms with Crippen LogP contribution in [0.4, 0.5) is 4.79 Å². The van der Waals surface area contributed by atoms with Crippen LogP contribution in [-0.4, -0.2) is 62.7 Å². The highest BCUT2D eigenvalue weighted by Gasteiger charge is 2.43. The Morgan fingerprint density at radius 2 is 2.12 bits per heavy atom. The van der Waals surface area contributed by atoms with E-state index in [0.717, 1.165) is 5.04 Å². The summed E-state index contributed by atoms with van der Waals surface area (Å²) in [7, 11) is 0. The minimum atomic E-state index is -1.05. The fourth-order valence-corrected chi connectivity index (χ4v) is 4.20. The molecular formula is C18H24N2O5S. The minimum absolute atomic E-state index is 0.0543. The number of carbonyl (C=O) groups excluding carboxylic acids is 1. The first-order valence-electron chi connectivity index (χ1n) is 8.62. The summed E-state index contributed by atoms with van der Waals surface area (Å²) in [5, 5.41) is 10.8. The first-order valence-corrected chi connectivity index (χ1v) is 9.50. The second-order valence-electron chi connectivity index (χ2n) is 7.61. The van der Waals surface area contributed by atoms with Crippen LogP contribution in [0.1, 0.15) is 34.1 Å². The molecule has 3 aliphatic rings. The van der Waals surface area contributed by atoms with Crippen molar-refractivity contribution in [3.05, 3.63) is 24.0 Å². The number of allylic oxidation sites excluding steroid dienone is 1. The Morgan fingerprint density at radius 1 is 1.38 bits per heavy atom. The third-order valence-corrected chi connectivity index (χ3v) is 5.39. The molecule has 0 aromatic carbocycles. The van der Waals surface area contributed by atoms with Crippen molar-refractivity contribution < 1.29 is 24.2 Å². The number of fused-ring (bicyclic) bond motifs is 1. The van der Waals surface area contributed by atoms with Gasteiger partial charge in [-0.1, -0.05) is 6.08 Å². The second-order valence-corrected chi connectivity index (χ2v) is 8.98. The third kappa shape index (κ3) is 4.23. The fraction of sp³-hybridized carbons (Fsp3) is 0.611. The molecule has 1 aliphatic carbocycles. The van der Waals surface area contributed by atoms with Gasteiger partial charge in [-0.25, -0.2) is 9.59 Å². The monoisotopic (exact) mass is 380 g/mol. The van der Waals surface area contributed by atoms with Gasteiger partial charge in [0.2, 0.25) is 0 Å². The molecule has 0 unspecified atom stereocenters. The number of amides is 1. The van der Waals surface area contributed by atoms with Crippen molar-refractivity contribution in [1.29, 1.82) is 0 Å². The number of hydrogen-bond donors (Lipinski definition) is 1. The van der Waals surface area contributed by atoms with Gasteiger partial charge in [0.25, 0.3) is 0 Å². The van der Waals surface area contributed by atoms with Gasteiger partial charge in [0.1, 0.15) is 23.5 Å². The fourth-order valence-electron chi connectivity index (χ4n) is 3.19. The van der Waals surface area contributed by atoms with Gasteiger partial charge >= 0.3 is 12.1 Å². The standard InChI is InChI=1S/C18H24N2O5S/c1-10-19-13-7-11(5-6-15(13)26-10)24-12-8-14(16(21)22)20(9-12)17(23)25-18(2,3)4/h5-7,12-15H,8-9H2,1-4H3,(H,21,22)/t12-,13-,14+,15-/m1/s1. The lowest BCUT2D eigenvalue weighted by Crippen LogP contribution is -2.43. The number of carbonyl (C=O) groups is 2. The van der Waals surface area contributed by atoms with Crippen molar-refractivity contribution in [3.8, 4) is 0 Å². The van der Waals surface area contributed by atoms with Gasteiger partial charge in [0.15, 0.2) is 0 Å². The van der Waals surface area contributed by atoms with Gasteiger partial charge in [0.05, 0.1) is 22.9 Å². The van der Waals surface area contributed by atoms with Crippen molar-refractivity contribution in [2.75, 3.05) is 6.54 Å². The molecule has 26 heavy (non-hydrogen) atoms. The van der Waals surface area contributed by atoms with E-state index in [0.29, 0.717) is 11.0 Å². The molecule has 1 N–H and O–H groups in total. The van der Waals surface area contributed by atoms with Crippen molar-refractivity contribution in [1.82, 2.24) is 4.90 Å². The van der Waals surface area contributed by atoms with E-state index < -0.39 is 29.8 Å². The highest BCUT2D eigenvalue weighted by Crippen LogP contribution is 2.33. The molecule has 8 heteroatoms. The summed E-state index contributed by atoms with van der Waals surface area (Å²) >= 11 is 1.72. The van der Waals surface area contributed by atoms with Crippen molar-refractivity contribution >= 4 is 28.9 Å². The van der Waals surface area contributed by atoms with Gasteiger partial charge < -0.3 is 14.6 Å². The van der Waals surface area contributed by atoms with E-state index in [2.05, 4.69) is 11.1 Å². The highest BCUT2D eigenvalue weighted by molar-refractivity contribution is 8.14. The lowest BCUT2D eigenvalue weighted by Gasteiger charge is -2.26. The molecule has 0 spiro atoms. The van der Waals surface area contributed by atoms with E-state index >= 15 is 0 Å². The van der Waals surface area contributed by atoms with Crippen LogP contribution >= 0.6 is 11.8 Å². The quantitative estimate of drug-likeness (QED) is 0.810. The molecule has 1 amide bonds. The molecule has 0 aromatic heterocycles. The maximum atomic E-state index is 12.3. The zero-order valence-electron chi connectivity index (χ0n) is 15.3. The average Bonchev–Trinajstić information content (AvgIpc) is 3.08. The first kappa shape index (κ1) is 18.8. The van der Waals surface area contributed by atoms with Crippen LogP contribution in [0.25, 0.3) is 0 Å². The molecule has 0 aromatic rings. The van der Waals surface area contributed by atoms with Crippen LogP contribution in [0.3, 0.4) is 0 Å². The van der Waals surface area contributed by atoms with Crippen molar-refractivity contribution in [2.24, 2.45) is 4.99 Å². The molecule has 3 rings (SSSR count). The van der Waals surface area contributed by atoms with Crippen LogP contribution < -0.4 is 0 Å². The van der Waals surface area contributed by atoms with E-state index in [9.17, 15) is 14.7 Å². The SMILES string of the molecule is CC1=N[C@@H]2C=C(O[C@@H]3C[C@@H](C(=O)O)N(C(=O)OC(C)(C)C)C3)C=C[C@H]2S1. The van der Waals surface area contributed by atoms with E-state index in [1.54, 1.807) is 32.5 Å². The maximum Gasteiger partial charge on any atom is 0.411 e. The molecule has 1 fully saturated rings. The number of rotatable bonds is 3. The van der Waals surface area contributed by atoms with Crippen LogP contribution in [0.5, 0.6) is 0 Å². The van der Waals surface area contributed by atoms with Gasteiger partial charge in [-0.2, -0.15) is 0 Å². The molecule has 2 aliphatic heterocycles. The summed E-state index contributed by atoms with van der Waals surface area (Å²) in [6.45, 7) is 7.42. The number of aliphatic imine (C=N–C) groups is 1. The summed E-state index contributed by atoms with van der Waals surface area (Å²) in [6, 6.07) is -0.892. The van der Waals surface area contributed by atoms with E-state index in [-0.39, 0.29) is 19.0 Å². The number of ether oxygens (including phenoxy) is 2. The number of carboxylic acids is 1. The molecule has 7 nitrogen and oxygen atoms in total. The number of nitrogens with zero attached hydrogens (tertiary/aromatic N) is 2. The van der Waals surface area contributed by atoms with Gasteiger partial charge in [-0.05, 0) is 39.8 Å². The van der Waals surface area contributed by atoms with Gasteiger partial charge in [0, 0.05) is 6.42 Å². The Kier molecular flexibility index (Phi) is 5.05. The molecular weight excluding hydrogens is 356 g/mol. The Morgan fingerprint density at radius 3 is 2.77 bits per heavy atom. The predicted octanol–water partition coefficient (Wildman–Crippen LogP) is 2.82. The van der Waals surface area contributed by atoms with Crippen LogP contribution in [-0.2, 0) is 14.3 Å². The van der Waals surface area contributed by atoms with Crippen LogP contribution in [0.2, 0.25) is 0 Å². The Labute approximate surface area is 157 Å². The lowest BCUT2D eigenvalue weighted by atomic mass is 10.1. The number of hydrogen-bond acceptors (Lipinski definition) is 6. The molecule has 142 valence electrons. The molecule has 0 saturated carbocycles. The Balaban J connectivity index is 1.67. The Hall–Kier alpha value is -1.96.